The van der Waals surface area contributed by atoms with Gasteiger partial charge in [0, 0.05) is 10.6 Å². The summed E-state index contributed by atoms with van der Waals surface area (Å²) in [6.07, 6.45) is 0. The van der Waals surface area contributed by atoms with Crippen molar-refractivity contribution < 1.29 is 0 Å². The zero-order chi connectivity index (χ0) is 11.7. The van der Waals surface area contributed by atoms with Crippen LogP contribution in [0.5, 0.6) is 0 Å². The third kappa shape index (κ3) is 2.53. The highest BCUT2D eigenvalue weighted by Crippen LogP contribution is 2.36. The van der Waals surface area contributed by atoms with Gasteiger partial charge < -0.3 is 5.73 Å². The van der Waals surface area contributed by atoms with Crippen LogP contribution in [0.1, 0.15) is 17.2 Å². The van der Waals surface area contributed by atoms with Crippen molar-refractivity contribution >= 4 is 46.1 Å². The maximum atomic E-state index is 6.10. The third-order valence-corrected chi connectivity index (χ3v) is 4.02. The number of hydrogen-bond donors (Lipinski definition) is 1. The van der Waals surface area contributed by atoms with Gasteiger partial charge in [-0.15, -0.1) is 11.3 Å². The predicted octanol–water partition coefficient (Wildman–Crippen LogP) is 4.76. The lowest BCUT2D eigenvalue weighted by molar-refractivity contribution is 0.877. The fraction of sp³-hybridized carbons (Fsp3) is 0.0909. The minimum atomic E-state index is -0.270. The van der Waals surface area contributed by atoms with Crippen molar-refractivity contribution in [3.05, 3.63) is 55.2 Å². The second-order valence-electron chi connectivity index (χ2n) is 3.31. The fourth-order valence-electron chi connectivity index (χ4n) is 1.41. The summed E-state index contributed by atoms with van der Waals surface area (Å²) >= 11 is 19.1. The average molecular weight is 293 g/mol. The van der Waals surface area contributed by atoms with E-state index in [2.05, 4.69) is 0 Å². The molecule has 0 bridgehead atoms. The number of nitrogens with two attached hydrogens (primary N) is 1. The first-order valence-corrected chi connectivity index (χ1v) is 6.48. The lowest BCUT2D eigenvalue weighted by Crippen LogP contribution is -2.11. The van der Waals surface area contributed by atoms with E-state index in [1.54, 1.807) is 18.2 Å². The normalized spacial score (nSPS) is 12.8. The Labute approximate surface area is 113 Å². The molecule has 16 heavy (non-hydrogen) atoms. The van der Waals surface area contributed by atoms with E-state index in [0.29, 0.717) is 13.7 Å². The first-order valence-electron chi connectivity index (χ1n) is 4.53. The van der Waals surface area contributed by atoms with Crippen LogP contribution in [-0.4, -0.2) is 0 Å². The summed E-state index contributed by atoms with van der Waals surface area (Å²) in [6, 6.07) is 8.91. The summed E-state index contributed by atoms with van der Waals surface area (Å²) in [5.74, 6) is 0. The Kier molecular flexibility index (Phi) is 3.77. The molecule has 0 aliphatic carbocycles. The number of thiophene rings is 1. The Balaban J connectivity index is 2.35. The fourth-order valence-corrected chi connectivity index (χ4v) is 3.09. The van der Waals surface area contributed by atoms with Crippen molar-refractivity contribution in [2.45, 2.75) is 6.04 Å². The van der Waals surface area contributed by atoms with Crippen LogP contribution in [0.25, 0.3) is 0 Å². The Morgan fingerprint density at radius 2 is 1.69 bits per heavy atom. The van der Waals surface area contributed by atoms with Gasteiger partial charge in [-0.05, 0) is 23.8 Å². The molecule has 1 atom stereocenters. The van der Waals surface area contributed by atoms with Crippen LogP contribution < -0.4 is 5.73 Å². The van der Waals surface area contributed by atoms with Crippen molar-refractivity contribution in [1.29, 1.82) is 0 Å². The van der Waals surface area contributed by atoms with Gasteiger partial charge in [-0.1, -0.05) is 46.9 Å². The van der Waals surface area contributed by atoms with Crippen molar-refractivity contribution in [3.63, 3.8) is 0 Å². The molecule has 1 heterocycles. The zero-order valence-corrected chi connectivity index (χ0v) is 11.2. The largest absolute Gasteiger partial charge is 0.320 e. The quantitative estimate of drug-likeness (QED) is 0.849. The molecule has 5 heteroatoms. The summed E-state index contributed by atoms with van der Waals surface area (Å²) in [4.78, 5) is 0. The molecule has 1 unspecified atom stereocenters. The summed E-state index contributed by atoms with van der Waals surface area (Å²) in [5, 5.41) is 0.686. The van der Waals surface area contributed by atoms with Gasteiger partial charge in [-0.2, -0.15) is 0 Å². The molecule has 0 saturated heterocycles. The number of halogens is 3. The van der Waals surface area contributed by atoms with E-state index in [-0.39, 0.29) is 6.04 Å². The first kappa shape index (κ1) is 12.2. The van der Waals surface area contributed by atoms with Crippen LogP contribution in [0.15, 0.2) is 30.3 Å². The molecule has 0 saturated carbocycles. The molecule has 2 N–H and O–H groups in total. The molecular weight excluding hydrogens is 285 g/mol. The van der Waals surface area contributed by atoms with Crippen molar-refractivity contribution in [1.82, 2.24) is 0 Å². The van der Waals surface area contributed by atoms with E-state index < -0.39 is 0 Å². The van der Waals surface area contributed by atoms with Gasteiger partial charge in [0.1, 0.15) is 0 Å². The Hall–Kier alpha value is -0.250. The van der Waals surface area contributed by atoms with Crippen LogP contribution >= 0.6 is 46.1 Å². The smallest absolute Gasteiger partial charge is 0.0995 e. The van der Waals surface area contributed by atoms with E-state index in [1.807, 2.05) is 12.1 Å². The minimum Gasteiger partial charge on any atom is -0.320 e. The van der Waals surface area contributed by atoms with Crippen LogP contribution in [-0.2, 0) is 0 Å². The minimum absolute atomic E-state index is 0.270. The maximum Gasteiger partial charge on any atom is 0.0995 e. The molecule has 2 rings (SSSR count). The van der Waals surface area contributed by atoms with Gasteiger partial charge in [0.2, 0.25) is 0 Å². The number of benzene rings is 1. The number of rotatable bonds is 2. The topological polar surface area (TPSA) is 26.0 Å². The monoisotopic (exact) mass is 291 g/mol. The Bertz CT molecular complexity index is 492. The SMILES string of the molecule is NC(c1ccc(Cl)cc1)c1cc(Cl)sc1Cl. The third-order valence-electron chi connectivity index (χ3n) is 2.25. The molecule has 1 aromatic carbocycles. The second-order valence-corrected chi connectivity index (χ2v) is 6.03. The van der Waals surface area contributed by atoms with Crippen molar-refractivity contribution in [3.8, 4) is 0 Å². The Morgan fingerprint density at radius 3 is 2.19 bits per heavy atom. The van der Waals surface area contributed by atoms with E-state index in [9.17, 15) is 0 Å². The predicted molar refractivity (Wildman–Crippen MR) is 71.8 cm³/mol. The molecule has 0 spiro atoms. The van der Waals surface area contributed by atoms with E-state index in [0.717, 1.165) is 11.1 Å². The van der Waals surface area contributed by atoms with Crippen molar-refractivity contribution in [2.75, 3.05) is 0 Å². The van der Waals surface area contributed by atoms with Gasteiger partial charge in [-0.25, -0.2) is 0 Å². The van der Waals surface area contributed by atoms with Gasteiger partial charge in [-0.3, -0.25) is 0 Å². The van der Waals surface area contributed by atoms with Crippen LogP contribution in [0, 0.1) is 0 Å². The van der Waals surface area contributed by atoms with Gasteiger partial charge >= 0.3 is 0 Å². The lowest BCUT2D eigenvalue weighted by atomic mass is 10.0. The first-order chi connectivity index (χ1) is 7.58. The highest BCUT2D eigenvalue weighted by atomic mass is 35.5. The molecule has 2 aromatic rings. The van der Waals surface area contributed by atoms with E-state index in [1.165, 1.54) is 11.3 Å². The summed E-state index contributed by atoms with van der Waals surface area (Å²) in [5.41, 5.74) is 7.91. The summed E-state index contributed by atoms with van der Waals surface area (Å²) in [7, 11) is 0. The highest BCUT2D eigenvalue weighted by molar-refractivity contribution is 7.20. The van der Waals surface area contributed by atoms with E-state index in [4.69, 9.17) is 40.5 Å². The molecule has 0 radical (unpaired) electrons. The summed E-state index contributed by atoms with van der Waals surface area (Å²) in [6.45, 7) is 0. The second kappa shape index (κ2) is 4.94. The van der Waals surface area contributed by atoms with Gasteiger partial charge in [0.05, 0.1) is 14.7 Å². The van der Waals surface area contributed by atoms with E-state index >= 15 is 0 Å². The molecule has 0 aliphatic heterocycles. The molecule has 84 valence electrons. The van der Waals surface area contributed by atoms with Crippen molar-refractivity contribution in [2.24, 2.45) is 5.73 Å². The number of hydrogen-bond acceptors (Lipinski definition) is 2. The standard InChI is InChI=1S/C11H8Cl3NS/c12-7-3-1-6(2-4-7)10(15)8-5-9(13)16-11(8)14/h1-5,10H,15H2. The molecular formula is C11H8Cl3NS. The lowest BCUT2D eigenvalue weighted by Gasteiger charge is -2.11. The molecule has 0 amide bonds. The Morgan fingerprint density at radius 1 is 1.06 bits per heavy atom. The van der Waals surface area contributed by atoms with Gasteiger partial charge in [0.15, 0.2) is 0 Å². The van der Waals surface area contributed by atoms with Crippen LogP contribution in [0.2, 0.25) is 13.7 Å². The van der Waals surface area contributed by atoms with Crippen LogP contribution in [0.4, 0.5) is 0 Å². The summed E-state index contributed by atoms with van der Waals surface area (Å²) < 4.78 is 1.27. The zero-order valence-electron chi connectivity index (χ0n) is 8.08. The average Bonchev–Trinajstić information content (AvgIpc) is 2.58. The maximum absolute atomic E-state index is 6.10. The molecule has 0 fully saturated rings. The molecule has 1 nitrogen and oxygen atoms in total. The molecule has 1 aromatic heterocycles. The molecule has 0 aliphatic rings. The van der Waals surface area contributed by atoms with Crippen LogP contribution in [0.3, 0.4) is 0 Å². The van der Waals surface area contributed by atoms with Gasteiger partial charge in [0.25, 0.3) is 0 Å². The highest BCUT2D eigenvalue weighted by Gasteiger charge is 2.15.